The lowest BCUT2D eigenvalue weighted by Gasteiger charge is -2.14. The quantitative estimate of drug-likeness (QED) is 0.688. The van der Waals surface area contributed by atoms with Gasteiger partial charge in [0.15, 0.2) is 0 Å². The Hall–Kier alpha value is -1.82. The molecule has 98 valence electrons. The number of nitrogens with zero attached hydrogens (tertiary/aromatic N) is 2. The van der Waals surface area contributed by atoms with E-state index in [-0.39, 0.29) is 10.6 Å². The van der Waals surface area contributed by atoms with E-state index >= 15 is 0 Å². The van der Waals surface area contributed by atoms with Crippen LogP contribution < -0.4 is 5.32 Å². The number of hydrogen-bond donors (Lipinski definition) is 1. The number of non-ortho nitro benzene ring substituents is 1. The van der Waals surface area contributed by atoms with Gasteiger partial charge in [0.05, 0.1) is 16.0 Å². The number of aromatic nitrogens is 1. The van der Waals surface area contributed by atoms with E-state index in [9.17, 15) is 10.1 Å². The summed E-state index contributed by atoms with van der Waals surface area (Å²) >= 11 is 1.92. The van der Waals surface area contributed by atoms with Gasteiger partial charge >= 0.3 is 0 Å². The molecule has 0 bridgehead atoms. The fourth-order valence-electron chi connectivity index (χ4n) is 2.30. The summed E-state index contributed by atoms with van der Waals surface area (Å²) in [5.41, 5.74) is 1.66. The highest BCUT2D eigenvalue weighted by Gasteiger charge is 2.19. The number of benzene rings is 1. The number of anilines is 1. The van der Waals surface area contributed by atoms with Crippen LogP contribution in [-0.4, -0.2) is 27.5 Å². The summed E-state index contributed by atoms with van der Waals surface area (Å²) in [5, 5.41) is 15.1. The van der Waals surface area contributed by atoms with Gasteiger partial charge in [-0.2, -0.15) is 11.8 Å². The molecule has 2 aromatic rings. The maximum absolute atomic E-state index is 11.0. The normalized spacial score (nSPS) is 18.6. The van der Waals surface area contributed by atoms with E-state index in [1.165, 1.54) is 0 Å². The number of nitro benzene ring substituents is 1. The lowest BCUT2D eigenvalue weighted by atomic mass is 10.1. The summed E-state index contributed by atoms with van der Waals surface area (Å²) in [6.07, 6.45) is 2.79. The Morgan fingerprint density at radius 2 is 2.32 bits per heavy atom. The van der Waals surface area contributed by atoms with Crippen LogP contribution in [0.15, 0.2) is 30.5 Å². The topological polar surface area (TPSA) is 68.1 Å². The molecule has 1 unspecified atom stereocenters. The maximum atomic E-state index is 11.0. The highest BCUT2D eigenvalue weighted by atomic mass is 32.2. The molecule has 5 nitrogen and oxygen atoms in total. The molecule has 1 fully saturated rings. The van der Waals surface area contributed by atoms with Gasteiger partial charge < -0.3 is 5.32 Å². The zero-order valence-electron chi connectivity index (χ0n) is 10.2. The highest BCUT2D eigenvalue weighted by Crippen LogP contribution is 2.31. The van der Waals surface area contributed by atoms with E-state index in [2.05, 4.69) is 10.3 Å². The lowest BCUT2D eigenvalue weighted by molar-refractivity contribution is -0.383. The first-order valence-electron chi connectivity index (χ1n) is 6.12. The van der Waals surface area contributed by atoms with Crippen LogP contribution in [0.25, 0.3) is 10.9 Å². The Balaban J connectivity index is 2.05. The van der Waals surface area contributed by atoms with Crippen LogP contribution in [0.3, 0.4) is 0 Å². The van der Waals surface area contributed by atoms with Crippen molar-refractivity contribution < 1.29 is 4.92 Å². The van der Waals surface area contributed by atoms with Crippen LogP contribution >= 0.6 is 11.8 Å². The summed E-state index contributed by atoms with van der Waals surface area (Å²) in [6, 6.07) is 7.21. The number of fused-ring (bicyclic) bond motifs is 1. The second-order valence-corrected chi connectivity index (χ2v) is 5.64. The monoisotopic (exact) mass is 275 g/mol. The third-order valence-electron chi connectivity index (χ3n) is 3.23. The Morgan fingerprint density at radius 3 is 3.05 bits per heavy atom. The van der Waals surface area contributed by atoms with Crippen LogP contribution in [-0.2, 0) is 0 Å². The van der Waals surface area contributed by atoms with Crippen LogP contribution in [0.1, 0.15) is 6.42 Å². The van der Waals surface area contributed by atoms with Crippen molar-refractivity contribution in [1.29, 1.82) is 0 Å². The average molecular weight is 275 g/mol. The lowest BCUT2D eigenvalue weighted by Crippen LogP contribution is -2.18. The number of hydrogen-bond acceptors (Lipinski definition) is 5. The van der Waals surface area contributed by atoms with Crippen molar-refractivity contribution in [3.05, 3.63) is 40.6 Å². The van der Waals surface area contributed by atoms with E-state index in [1.807, 2.05) is 11.8 Å². The highest BCUT2D eigenvalue weighted by molar-refractivity contribution is 7.99. The van der Waals surface area contributed by atoms with Crippen molar-refractivity contribution in [1.82, 2.24) is 4.98 Å². The molecule has 1 N–H and O–H groups in total. The number of rotatable bonds is 3. The van der Waals surface area contributed by atoms with Gasteiger partial charge in [0.25, 0.3) is 5.69 Å². The van der Waals surface area contributed by atoms with Crippen molar-refractivity contribution in [3.63, 3.8) is 0 Å². The summed E-state index contributed by atoms with van der Waals surface area (Å²) in [7, 11) is 0. The second-order valence-electron chi connectivity index (χ2n) is 4.49. The molecule has 1 aromatic heterocycles. The van der Waals surface area contributed by atoms with Crippen LogP contribution in [0, 0.1) is 10.1 Å². The summed E-state index contributed by atoms with van der Waals surface area (Å²) < 4.78 is 0. The SMILES string of the molecule is O=[N+]([O-])c1ccc(NC2CCSC2)c2ncccc12. The molecule has 3 rings (SSSR count). The Labute approximate surface area is 114 Å². The number of nitrogens with one attached hydrogen (secondary N) is 1. The fraction of sp³-hybridized carbons (Fsp3) is 0.308. The molecular formula is C13H13N3O2S. The summed E-state index contributed by atoms with van der Waals surface area (Å²) in [4.78, 5) is 15.0. The second kappa shape index (κ2) is 5.05. The van der Waals surface area contributed by atoms with Gasteiger partial charge in [0.2, 0.25) is 0 Å². The minimum atomic E-state index is -0.362. The van der Waals surface area contributed by atoms with Crippen LogP contribution in [0.4, 0.5) is 11.4 Å². The first-order chi connectivity index (χ1) is 9.25. The molecule has 0 radical (unpaired) electrons. The van der Waals surface area contributed by atoms with Crippen molar-refractivity contribution in [2.75, 3.05) is 16.8 Å². The van der Waals surface area contributed by atoms with Gasteiger partial charge in [0.1, 0.15) is 5.52 Å². The molecule has 0 spiro atoms. The molecule has 1 aliphatic heterocycles. The number of thioether (sulfide) groups is 1. The average Bonchev–Trinajstić information content (AvgIpc) is 2.91. The Bertz CT molecular complexity index is 626. The van der Waals surface area contributed by atoms with Gasteiger partial charge in [-0.25, -0.2) is 0 Å². The van der Waals surface area contributed by atoms with Crippen molar-refractivity contribution in [2.45, 2.75) is 12.5 Å². The zero-order valence-corrected chi connectivity index (χ0v) is 11.0. The minimum Gasteiger partial charge on any atom is -0.380 e. The Kier molecular flexibility index (Phi) is 3.25. The van der Waals surface area contributed by atoms with Crippen molar-refractivity contribution in [3.8, 4) is 0 Å². The molecule has 0 aliphatic carbocycles. The van der Waals surface area contributed by atoms with Crippen molar-refractivity contribution >= 4 is 34.0 Å². The van der Waals surface area contributed by atoms with Crippen molar-refractivity contribution in [2.24, 2.45) is 0 Å². The largest absolute Gasteiger partial charge is 0.380 e. The smallest absolute Gasteiger partial charge is 0.278 e. The first kappa shape index (κ1) is 12.2. The third kappa shape index (κ3) is 2.35. The minimum absolute atomic E-state index is 0.106. The number of pyridine rings is 1. The van der Waals surface area contributed by atoms with E-state index in [0.29, 0.717) is 16.9 Å². The van der Waals surface area contributed by atoms with E-state index in [1.54, 1.807) is 30.5 Å². The van der Waals surface area contributed by atoms with Crippen LogP contribution in [0.5, 0.6) is 0 Å². The van der Waals surface area contributed by atoms with Gasteiger partial charge in [-0.1, -0.05) is 0 Å². The van der Waals surface area contributed by atoms with Gasteiger partial charge in [-0.3, -0.25) is 15.1 Å². The molecule has 6 heteroatoms. The molecule has 1 aromatic carbocycles. The molecule has 0 amide bonds. The molecular weight excluding hydrogens is 262 g/mol. The summed E-state index contributed by atoms with van der Waals surface area (Å²) in [5.74, 6) is 2.24. The zero-order chi connectivity index (χ0) is 13.2. The Morgan fingerprint density at radius 1 is 1.42 bits per heavy atom. The van der Waals surface area contributed by atoms with Gasteiger partial charge in [-0.05, 0) is 30.4 Å². The third-order valence-corrected chi connectivity index (χ3v) is 4.40. The van der Waals surface area contributed by atoms with Gasteiger partial charge in [0, 0.05) is 24.1 Å². The molecule has 1 saturated heterocycles. The van der Waals surface area contributed by atoms with Gasteiger partial charge in [-0.15, -0.1) is 0 Å². The molecule has 1 atom stereocenters. The van der Waals surface area contributed by atoms with E-state index in [0.717, 1.165) is 23.6 Å². The molecule has 1 aliphatic rings. The predicted molar refractivity (Wildman–Crippen MR) is 77.8 cm³/mol. The van der Waals surface area contributed by atoms with E-state index < -0.39 is 0 Å². The number of nitro groups is 1. The predicted octanol–water partition coefficient (Wildman–Crippen LogP) is 3.06. The maximum Gasteiger partial charge on any atom is 0.278 e. The molecule has 0 saturated carbocycles. The van der Waals surface area contributed by atoms with E-state index in [4.69, 9.17) is 0 Å². The molecule has 2 heterocycles. The first-order valence-corrected chi connectivity index (χ1v) is 7.27. The van der Waals surface area contributed by atoms with Crippen LogP contribution in [0.2, 0.25) is 0 Å². The standard InChI is InChI=1S/C13H13N3O2S/c17-16(18)12-4-3-11(15-9-5-7-19-8-9)13-10(12)2-1-6-14-13/h1-4,6,9,15H,5,7-8H2. The fourth-order valence-corrected chi connectivity index (χ4v) is 3.45. The molecule has 19 heavy (non-hydrogen) atoms. The summed E-state index contributed by atoms with van der Waals surface area (Å²) in [6.45, 7) is 0.